The lowest BCUT2D eigenvalue weighted by atomic mass is 10.2. The Bertz CT molecular complexity index is 1170. The van der Waals surface area contributed by atoms with Gasteiger partial charge in [-0.25, -0.2) is 13.9 Å². The summed E-state index contributed by atoms with van der Waals surface area (Å²) in [7, 11) is 0. The zero-order valence-electron chi connectivity index (χ0n) is 17.5. The molecular formula is C21H20FN5O5. The second-order valence-corrected chi connectivity index (χ2v) is 7.69. The SMILES string of the molecule is CC(C)(C)OC(=O)Nc1ccc(F)cc1NC(=O)c1ccn(-c2ccc([N+](=O)[O-])cc2)n1. The molecule has 32 heavy (non-hydrogen) atoms. The lowest BCUT2D eigenvalue weighted by Gasteiger charge is -2.20. The molecule has 0 saturated carbocycles. The molecule has 10 nitrogen and oxygen atoms in total. The van der Waals surface area contributed by atoms with Crippen molar-refractivity contribution in [2.24, 2.45) is 0 Å². The minimum atomic E-state index is -0.762. The number of nitrogens with zero attached hydrogens (tertiary/aromatic N) is 3. The van der Waals surface area contributed by atoms with Crippen LogP contribution in [0.2, 0.25) is 0 Å². The number of anilines is 2. The van der Waals surface area contributed by atoms with Gasteiger partial charge in [-0.3, -0.25) is 20.2 Å². The first-order valence-electron chi connectivity index (χ1n) is 9.43. The molecule has 0 atom stereocenters. The van der Waals surface area contributed by atoms with Crippen molar-refractivity contribution in [3.8, 4) is 5.69 Å². The van der Waals surface area contributed by atoms with Gasteiger partial charge in [0.2, 0.25) is 0 Å². The molecule has 2 aromatic carbocycles. The van der Waals surface area contributed by atoms with Crippen molar-refractivity contribution in [1.82, 2.24) is 9.78 Å². The van der Waals surface area contributed by atoms with Gasteiger partial charge >= 0.3 is 6.09 Å². The molecule has 0 radical (unpaired) electrons. The number of nitrogens with one attached hydrogen (secondary N) is 2. The van der Waals surface area contributed by atoms with Crippen LogP contribution in [0.25, 0.3) is 5.69 Å². The average Bonchev–Trinajstić information content (AvgIpc) is 3.19. The number of rotatable bonds is 5. The molecule has 166 valence electrons. The van der Waals surface area contributed by atoms with Gasteiger partial charge in [0.1, 0.15) is 11.4 Å². The first kappa shape index (κ1) is 22.4. The van der Waals surface area contributed by atoms with E-state index in [9.17, 15) is 24.1 Å². The number of ether oxygens (including phenoxy) is 1. The Balaban J connectivity index is 1.77. The minimum Gasteiger partial charge on any atom is -0.444 e. The molecule has 0 spiro atoms. The molecule has 3 rings (SSSR count). The highest BCUT2D eigenvalue weighted by Gasteiger charge is 2.19. The van der Waals surface area contributed by atoms with Crippen molar-refractivity contribution < 1.29 is 23.6 Å². The Labute approximate surface area is 182 Å². The predicted molar refractivity (Wildman–Crippen MR) is 114 cm³/mol. The molecule has 0 fully saturated rings. The average molecular weight is 441 g/mol. The van der Waals surface area contributed by atoms with Crippen molar-refractivity contribution in [2.75, 3.05) is 10.6 Å². The molecule has 2 N–H and O–H groups in total. The van der Waals surface area contributed by atoms with Crippen LogP contribution in [-0.4, -0.2) is 32.3 Å². The van der Waals surface area contributed by atoms with Crippen LogP contribution in [0.1, 0.15) is 31.3 Å². The number of nitro benzene ring substituents is 1. The van der Waals surface area contributed by atoms with Gasteiger partial charge in [-0.2, -0.15) is 5.10 Å². The predicted octanol–water partition coefficient (Wildman–Crippen LogP) is 4.52. The second kappa shape index (κ2) is 8.84. The van der Waals surface area contributed by atoms with E-state index in [4.69, 9.17) is 4.74 Å². The number of hydrogen-bond donors (Lipinski definition) is 2. The molecule has 3 aromatic rings. The van der Waals surface area contributed by atoms with E-state index in [1.54, 1.807) is 20.8 Å². The Morgan fingerprint density at radius 2 is 1.75 bits per heavy atom. The number of benzene rings is 2. The zero-order valence-corrected chi connectivity index (χ0v) is 17.5. The highest BCUT2D eigenvalue weighted by molar-refractivity contribution is 6.05. The first-order valence-corrected chi connectivity index (χ1v) is 9.43. The monoisotopic (exact) mass is 441 g/mol. The van der Waals surface area contributed by atoms with Gasteiger partial charge in [0, 0.05) is 18.3 Å². The maximum Gasteiger partial charge on any atom is 0.412 e. The van der Waals surface area contributed by atoms with Gasteiger partial charge in [-0.05, 0) is 57.2 Å². The van der Waals surface area contributed by atoms with Crippen molar-refractivity contribution >= 4 is 29.1 Å². The van der Waals surface area contributed by atoms with Crippen LogP contribution in [0.3, 0.4) is 0 Å². The van der Waals surface area contributed by atoms with Crippen LogP contribution in [0.15, 0.2) is 54.7 Å². The molecule has 0 bridgehead atoms. The highest BCUT2D eigenvalue weighted by atomic mass is 19.1. The fraction of sp³-hybridized carbons (Fsp3) is 0.190. The van der Waals surface area contributed by atoms with E-state index < -0.39 is 28.3 Å². The number of hydrogen-bond acceptors (Lipinski definition) is 6. The summed E-state index contributed by atoms with van der Waals surface area (Å²) in [5.41, 5.74) is -0.133. The van der Waals surface area contributed by atoms with Crippen LogP contribution >= 0.6 is 0 Å². The van der Waals surface area contributed by atoms with E-state index in [1.807, 2.05) is 0 Å². The molecule has 0 saturated heterocycles. The largest absolute Gasteiger partial charge is 0.444 e. The molecule has 0 aliphatic heterocycles. The van der Waals surface area contributed by atoms with Crippen molar-refractivity contribution in [2.45, 2.75) is 26.4 Å². The zero-order chi connectivity index (χ0) is 23.5. The summed E-state index contributed by atoms with van der Waals surface area (Å²) < 4.78 is 20.3. The molecule has 0 aliphatic rings. The molecular weight excluding hydrogens is 421 g/mol. The third kappa shape index (κ3) is 5.65. The van der Waals surface area contributed by atoms with Crippen LogP contribution in [0, 0.1) is 15.9 Å². The third-order valence-corrected chi connectivity index (χ3v) is 4.01. The van der Waals surface area contributed by atoms with E-state index in [0.29, 0.717) is 5.69 Å². The van der Waals surface area contributed by atoms with Gasteiger partial charge in [-0.1, -0.05) is 0 Å². The Hall–Kier alpha value is -4.28. The number of amides is 2. The number of halogens is 1. The van der Waals surface area contributed by atoms with Gasteiger partial charge in [0.25, 0.3) is 11.6 Å². The quantitative estimate of drug-likeness (QED) is 0.442. The highest BCUT2D eigenvalue weighted by Crippen LogP contribution is 2.24. The van der Waals surface area contributed by atoms with E-state index in [0.717, 1.165) is 12.1 Å². The number of nitro groups is 1. The molecule has 1 aromatic heterocycles. The molecule has 11 heteroatoms. The standard InChI is InChI=1S/C21H20FN5O5/c1-21(2,3)32-20(29)24-16-9-4-13(22)12-18(16)23-19(28)17-10-11-26(25-17)14-5-7-15(8-6-14)27(30)31/h4-12H,1-3H3,(H,23,28)(H,24,29). The van der Waals surface area contributed by atoms with Gasteiger partial charge in [0.05, 0.1) is 22.0 Å². The van der Waals surface area contributed by atoms with Crippen LogP contribution < -0.4 is 10.6 Å². The molecule has 0 unspecified atom stereocenters. The summed E-state index contributed by atoms with van der Waals surface area (Å²) in [5.74, 6) is -1.27. The lowest BCUT2D eigenvalue weighted by molar-refractivity contribution is -0.384. The summed E-state index contributed by atoms with van der Waals surface area (Å²) in [5, 5.41) is 19.9. The van der Waals surface area contributed by atoms with Gasteiger partial charge < -0.3 is 10.1 Å². The summed E-state index contributed by atoms with van der Waals surface area (Å²) in [6.07, 6.45) is 0.740. The Morgan fingerprint density at radius 1 is 1.06 bits per heavy atom. The topological polar surface area (TPSA) is 128 Å². The van der Waals surface area contributed by atoms with Crippen LogP contribution in [0.5, 0.6) is 0 Å². The summed E-state index contributed by atoms with van der Waals surface area (Å²) >= 11 is 0. The third-order valence-electron chi connectivity index (χ3n) is 4.01. The fourth-order valence-corrected chi connectivity index (χ4v) is 2.64. The Morgan fingerprint density at radius 3 is 2.38 bits per heavy atom. The minimum absolute atomic E-state index is 0.0100. The first-order chi connectivity index (χ1) is 15.0. The second-order valence-electron chi connectivity index (χ2n) is 7.69. The number of aromatic nitrogens is 2. The van der Waals surface area contributed by atoms with Gasteiger partial charge in [0.15, 0.2) is 5.69 Å². The van der Waals surface area contributed by atoms with E-state index in [2.05, 4.69) is 15.7 Å². The molecule has 1 heterocycles. The van der Waals surface area contributed by atoms with E-state index in [-0.39, 0.29) is 22.8 Å². The summed E-state index contributed by atoms with van der Waals surface area (Å²) in [6.45, 7) is 5.09. The smallest absolute Gasteiger partial charge is 0.412 e. The number of non-ortho nitro benzene ring substituents is 1. The van der Waals surface area contributed by atoms with Gasteiger partial charge in [-0.15, -0.1) is 0 Å². The van der Waals surface area contributed by atoms with Crippen LogP contribution in [-0.2, 0) is 4.74 Å². The number of carbonyl (C=O) groups is 2. The van der Waals surface area contributed by atoms with Crippen molar-refractivity contribution in [3.05, 3.63) is 76.4 Å². The maximum absolute atomic E-state index is 13.8. The normalized spacial score (nSPS) is 11.0. The maximum atomic E-state index is 13.8. The fourth-order valence-electron chi connectivity index (χ4n) is 2.64. The van der Waals surface area contributed by atoms with E-state index in [1.165, 1.54) is 47.3 Å². The van der Waals surface area contributed by atoms with Crippen LogP contribution in [0.4, 0.5) is 26.2 Å². The summed E-state index contributed by atoms with van der Waals surface area (Å²) in [6, 6.07) is 10.5. The lowest BCUT2D eigenvalue weighted by Crippen LogP contribution is -2.27. The molecule has 2 amide bonds. The Kier molecular flexibility index (Phi) is 6.19. The van der Waals surface area contributed by atoms with E-state index >= 15 is 0 Å². The number of carbonyl (C=O) groups excluding carboxylic acids is 2. The van der Waals surface area contributed by atoms with Crippen molar-refractivity contribution in [3.63, 3.8) is 0 Å². The summed E-state index contributed by atoms with van der Waals surface area (Å²) in [4.78, 5) is 34.9. The molecule has 0 aliphatic carbocycles. The van der Waals surface area contributed by atoms with Crippen molar-refractivity contribution in [1.29, 1.82) is 0 Å².